The first-order valence-electron chi connectivity index (χ1n) is 6.19. The second kappa shape index (κ2) is 15.9. The zero-order valence-corrected chi connectivity index (χ0v) is 11.5. The van der Waals surface area contributed by atoms with Crippen molar-refractivity contribution in [3.8, 4) is 0 Å². The van der Waals surface area contributed by atoms with Crippen molar-refractivity contribution in [3.63, 3.8) is 0 Å². The lowest BCUT2D eigenvalue weighted by Gasteiger charge is -2.05. The van der Waals surface area contributed by atoms with Gasteiger partial charge in [-0.2, -0.15) is 0 Å². The second-order valence-electron chi connectivity index (χ2n) is 4.26. The zero-order valence-electron chi connectivity index (χ0n) is 11.5. The van der Waals surface area contributed by atoms with Gasteiger partial charge in [0.15, 0.2) is 0 Å². The van der Waals surface area contributed by atoms with Crippen LogP contribution in [0.1, 0.15) is 64.2 Å². The van der Waals surface area contributed by atoms with E-state index in [0.29, 0.717) is 25.7 Å². The Kier molecular flexibility index (Phi) is 19.5. The van der Waals surface area contributed by atoms with Crippen LogP contribution in [0.25, 0.3) is 0 Å². The maximum atomic E-state index is 10.2. The highest BCUT2D eigenvalue weighted by atomic mass is 16.1. The van der Waals surface area contributed by atoms with Crippen molar-refractivity contribution >= 4 is 11.8 Å². The van der Waals surface area contributed by atoms with Crippen molar-refractivity contribution in [1.82, 2.24) is 12.3 Å². The van der Waals surface area contributed by atoms with Gasteiger partial charge in [0.1, 0.15) is 0 Å². The summed E-state index contributed by atoms with van der Waals surface area (Å²) in [5, 5.41) is 0. The molecule has 0 saturated heterocycles. The number of carbonyl (C=O) groups excluding carboxylic acids is 2. The molecule has 1 fully saturated rings. The number of carbonyl (C=O) groups is 2. The van der Waals surface area contributed by atoms with Gasteiger partial charge >= 0.3 is 0 Å². The van der Waals surface area contributed by atoms with Crippen LogP contribution in [-0.4, -0.2) is 11.8 Å². The molecule has 1 aliphatic rings. The summed E-state index contributed by atoms with van der Waals surface area (Å²) in [4.78, 5) is 20.3. The maximum Gasteiger partial charge on any atom is 0.217 e. The first kappa shape index (κ1) is 22.1. The molecule has 10 N–H and O–H groups in total. The van der Waals surface area contributed by atoms with Crippen LogP contribution in [0.4, 0.5) is 0 Å². The number of amides is 2. The second-order valence-corrected chi connectivity index (χ2v) is 4.26. The quantitative estimate of drug-likeness (QED) is 0.560. The molecule has 6 nitrogen and oxygen atoms in total. The predicted molar refractivity (Wildman–Crippen MR) is 74.6 cm³/mol. The van der Waals surface area contributed by atoms with Gasteiger partial charge in [0, 0.05) is 12.8 Å². The van der Waals surface area contributed by atoms with Crippen LogP contribution < -0.4 is 23.8 Å². The largest absolute Gasteiger partial charge is 0.370 e. The fourth-order valence-corrected chi connectivity index (χ4v) is 1.66. The van der Waals surface area contributed by atoms with Gasteiger partial charge in [-0.15, -0.1) is 0 Å². The predicted octanol–water partition coefficient (Wildman–Crippen LogP) is 2.18. The Hall–Kier alpha value is -1.14. The Bertz CT molecular complexity index is 179. The molecule has 18 heavy (non-hydrogen) atoms. The molecule has 0 atom stereocenters. The minimum absolute atomic E-state index is 0. The van der Waals surface area contributed by atoms with E-state index >= 15 is 0 Å². The number of rotatable bonds is 5. The molecule has 1 saturated carbocycles. The van der Waals surface area contributed by atoms with Gasteiger partial charge in [0.05, 0.1) is 0 Å². The van der Waals surface area contributed by atoms with Crippen molar-refractivity contribution in [2.45, 2.75) is 64.2 Å². The Balaban J connectivity index is -0.000000244. The minimum Gasteiger partial charge on any atom is -0.370 e. The summed E-state index contributed by atoms with van der Waals surface area (Å²) in [5.41, 5.74) is 9.71. The molecule has 1 aliphatic carbocycles. The van der Waals surface area contributed by atoms with Crippen molar-refractivity contribution in [1.29, 1.82) is 0 Å². The highest BCUT2D eigenvalue weighted by Crippen LogP contribution is 2.15. The van der Waals surface area contributed by atoms with E-state index in [1.807, 2.05) is 0 Å². The first-order valence-corrected chi connectivity index (χ1v) is 6.19. The summed E-state index contributed by atoms with van der Waals surface area (Å²) in [7, 11) is 0. The lowest BCUT2D eigenvalue weighted by atomic mass is 10.0. The summed E-state index contributed by atoms with van der Waals surface area (Å²) >= 11 is 0. The molecule has 2 amide bonds. The van der Waals surface area contributed by atoms with Gasteiger partial charge < -0.3 is 23.8 Å². The van der Waals surface area contributed by atoms with Crippen LogP contribution in [0.3, 0.4) is 0 Å². The molecule has 0 aromatic heterocycles. The summed E-state index contributed by atoms with van der Waals surface area (Å²) in [6.07, 6.45) is 11.0. The molecule has 0 unspecified atom stereocenters. The number of hydrogen-bond donors (Lipinski definition) is 4. The van der Waals surface area contributed by atoms with E-state index in [-0.39, 0.29) is 24.1 Å². The summed E-state index contributed by atoms with van der Waals surface area (Å²) in [6, 6.07) is 0. The summed E-state index contributed by atoms with van der Waals surface area (Å²) in [6.45, 7) is 0. The molecule has 1 rings (SSSR count). The smallest absolute Gasteiger partial charge is 0.217 e. The molecular weight excluding hydrogens is 232 g/mol. The minimum atomic E-state index is -0.329. The fourth-order valence-electron chi connectivity index (χ4n) is 1.66. The molecule has 0 heterocycles. The third-order valence-electron chi connectivity index (χ3n) is 2.60. The fraction of sp³-hybridized carbons (Fsp3) is 0.833. The average molecular weight is 262 g/mol. The van der Waals surface area contributed by atoms with Crippen LogP contribution >= 0.6 is 0 Å². The average Bonchev–Trinajstić information content (AvgIpc) is 2.27. The van der Waals surface area contributed by atoms with Gasteiger partial charge in [-0.05, 0) is 12.8 Å². The number of hydrogen-bond acceptors (Lipinski definition) is 4. The summed E-state index contributed by atoms with van der Waals surface area (Å²) in [5.74, 6) is -0.658. The Morgan fingerprint density at radius 2 is 0.889 bits per heavy atom. The van der Waals surface area contributed by atoms with Gasteiger partial charge in [0.25, 0.3) is 0 Å². The van der Waals surface area contributed by atoms with Gasteiger partial charge in [-0.3, -0.25) is 9.59 Å². The topological polar surface area (TPSA) is 156 Å². The molecule has 0 aromatic rings. The third kappa shape index (κ3) is 20.3. The SMILES string of the molecule is C1CCCCC1.N.N.NC(=O)CCCCC(N)=O. The van der Waals surface area contributed by atoms with E-state index in [0.717, 1.165) is 0 Å². The molecule has 110 valence electrons. The third-order valence-corrected chi connectivity index (χ3v) is 2.60. The lowest BCUT2D eigenvalue weighted by molar-refractivity contribution is -0.119. The molecular formula is C12H30N4O2. The zero-order chi connectivity index (χ0) is 12.2. The Labute approximate surface area is 110 Å². The first-order chi connectivity index (χ1) is 7.63. The van der Waals surface area contributed by atoms with E-state index in [9.17, 15) is 9.59 Å². The van der Waals surface area contributed by atoms with Crippen molar-refractivity contribution in [2.75, 3.05) is 0 Å². The lowest BCUT2D eigenvalue weighted by Crippen LogP contribution is -2.12. The Morgan fingerprint density at radius 1 is 0.667 bits per heavy atom. The molecule has 0 spiro atoms. The van der Waals surface area contributed by atoms with E-state index in [1.54, 1.807) is 0 Å². The van der Waals surface area contributed by atoms with E-state index in [4.69, 9.17) is 11.5 Å². The van der Waals surface area contributed by atoms with Crippen LogP contribution in [0, 0.1) is 0 Å². The molecule has 0 aromatic carbocycles. The highest BCUT2D eigenvalue weighted by Gasteiger charge is 1.96. The van der Waals surface area contributed by atoms with E-state index in [1.165, 1.54) is 38.5 Å². The number of nitrogens with two attached hydrogens (primary N) is 2. The number of unbranched alkanes of at least 4 members (excludes halogenated alkanes) is 1. The van der Waals surface area contributed by atoms with Crippen LogP contribution in [0.2, 0.25) is 0 Å². The Morgan fingerprint density at radius 3 is 1.06 bits per heavy atom. The number of primary amides is 2. The van der Waals surface area contributed by atoms with E-state index < -0.39 is 0 Å². The summed E-state index contributed by atoms with van der Waals surface area (Å²) < 4.78 is 0. The maximum absolute atomic E-state index is 10.2. The molecule has 0 aliphatic heterocycles. The molecule has 0 radical (unpaired) electrons. The normalized spacial score (nSPS) is 13.1. The van der Waals surface area contributed by atoms with Crippen LogP contribution in [0.15, 0.2) is 0 Å². The van der Waals surface area contributed by atoms with Crippen LogP contribution in [-0.2, 0) is 9.59 Å². The van der Waals surface area contributed by atoms with Gasteiger partial charge in [-0.1, -0.05) is 38.5 Å². The monoisotopic (exact) mass is 262 g/mol. The highest BCUT2D eigenvalue weighted by molar-refractivity contribution is 5.74. The molecule has 6 heteroatoms. The molecule has 0 bridgehead atoms. The van der Waals surface area contributed by atoms with Crippen molar-refractivity contribution < 1.29 is 9.59 Å². The van der Waals surface area contributed by atoms with Gasteiger partial charge in [-0.25, -0.2) is 0 Å². The van der Waals surface area contributed by atoms with E-state index in [2.05, 4.69) is 0 Å². The van der Waals surface area contributed by atoms with Crippen molar-refractivity contribution in [3.05, 3.63) is 0 Å². The van der Waals surface area contributed by atoms with Crippen molar-refractivity contribution in [2.24, 2.45) is 11.5 Å². The standard InChI is InChI=1S/C6H12N2O2.C6H12.2H3N/c7-5(9)3-1-2-4-6(8)10;1-2-4-6-5-3-1;;/h1-4H2,(H2,7,9)(H2,8,10);1-6H2;2*1H3. The van der Waals surface area contributed by atoms with Crippen LogP contribution in [0.5, 0.6) is 0 Å². The van der Waals surface area contributed by atoms with Gasteiger partial charge in [0.2, 0.25) is 11.8 Å².